The summed E-state index contributed by atoms with van der Waals surface area (Å²) in [5.74, 6) is 0.574. The molecule has 1 amide bonds. The van der Waals surface area contributed by atoms with Crippen molar-refractivity contribution in [1.82, 2.24) is 14.9 Å². The molecule has 0 unspecified atom stereocenters. The van der Waals surface area contributed by atoms with E-state index in [-0.39, 0.29) is 5.91 Å². The Morgan fingerprint density at radius 3 is 2.85 bits per heavy atom. The third-order valence-electron chi connectivity index (χ3n) is 6.81. The third-order valence-corrected chi connectivity index (χ3v) is 6.81. The number of pyridine rings is 1. The van der Waals surface area contributed by atoms with E-state index in [0.717, 1.165) is 50.0 Å². The molecule has 2 aromatic heterocycles. The number of rotatable bonds is 6. The average Bonchev–Trinajstić information content (AvgIpc) is 3.26. The zero-order valence-electron chi connectivity index (χ0n) is 19.3. The summed E-state index contributed by atoms with van der Waals surface area (Å²) in [6, 6.07) is 21.3. The Balaban J connectivity index is 1.19. The largest absolute Gasteiger partial charge is 0.361 e. The number of amides is 1. The van der Waals surface area contributed by atoms with Gasteiger partial charge in [0.2, 0.25) is 5.91 Å². The van der Waals surface area contributed by atoms with E-state index in [1.54, 1.807) is 0 Å². The normalized spacial score (nSPS) is 16.3. The van der Waals surface area contributed by atoms with E-state index in [4.69, 9.17) is 4.98 Å². The summed E-state index contributed by atoms with van der Waals surface area (Å²) >= 11 is 0. The molecule has 5 rings (SSSR count). The van der Waals surface area contributed by atoms with Gasteiger partial charge in [0.05, 0.1) is 0 Å². The maximum absolute atomic E-state index is 13.0. The monoisotopic (exact) mass is 437 g/mol. The van der Waals surface area contributed by atoms with E-state index in [2.05, 4.69) is 66.5 Å². The van der Waals surface area contributed by atoms with Crippen LogP contribution < -0.4 is 0 Å². The molecule has 4 aromatic rings. The molecule has 0 saturated carbocycles. The van der Waals surface area contributed by atoms with Gasteiger partial charge >= 0.3 is 0 Å². The van der Waals surface area contributed by atoms with Crippen molar-refractivity contribution in [1.29, 1.82) is 0 Å². The fourth-order valence-corrected chi connectivity index (χ4v) is 5.02. The van der Waals surface area contributed by atoms with E-state index >= 15 is 0 Å². The number of aromatic nitrogens is 2. The minimum absolute atomic E-state index is 0.251. The number of carbonyl (C=O) groups excluding carboxylic acids is 1. The first kappa shape index (κ1) is 21.4. The number of fused-ring (bicyclic) bond motifs is 1. The van der Waals surface area contributed by atoms with Crippen LogP contribution in [-0.4, -0.2) is 33.9 Å². The van der Waals surface area contributed by atoms with Crippen molar-refractivity contribution in [3.05, 3.63) is 101 Å². The highest BCUT2D eigenvalue weighted by Gasteiger charge is 2.25. The predicted molar refractivity (Wildman–Crippen MR) is 133 cm³/mol. The van der Waals surface area contributed by atoms with Crippen LogP contribution in [0, 0.1) is 6.92 Å². The summed E-state index contributed by atoms with van der Waals surface area (Å²) in [6.45, 7) is 3.76. The predicted octanol–water partition coefficient (Wildman–Crippen LogP) is 5.80. The minimum Gasteiger partial charge on any atom is -0.361 e. The molecule has 0 bridgehead atoms. The number of aryl methyl sites for hydroxylation is 2. The van der Waals surface area contributed by atoms with Crippen LogP contribution in [0.15, 0.2) is 73.1 Å². The number of likely N-dealkylation sites (tertiary alicyclic amines) is 1. The lowest BCUT2D eigenvalue weighted by molar-refractivity contribution is -0.132. The van der Waals surface area contributed by atoms with Crippen LogP contribution in [0.25, 0.3) is 10.9 Å². The van der Waals surface area contributed by atoms with Crippen LogP contribution >= 0.6 is 0 Å². The first-order chi connectivity index (χ1) is 16.2. The number of hydrogen-bond acceptors (Lipinski definition) is 2. The topological polar surface area (TPSA) is 49.0 Å². The van der Waals surface area contributed by atoms with Crippen molar-refractivity contribution in [2.45, 2.75) is 44.9 Å². The highest BCUT2D eigenvalue weighted by Crippen LogP contribution is 2.27. The Hall–Kier alpha value is -3.40. The molecule has 0 aliphatic carbocycles. The SMILES string of the molecule is Cc1cccc(Cc2ccc([C@H]3CCCN(C(=O)CCc4c[nH]c5ccccc45)C3)nc2)c1. The lowest BCUT2D eigenvalue weighted by Gasteiger charge is -2.32. The van der Waals surface area contributed by atoms with Gasteiger partial charge in [-0.25, -0.2) is 0 Å². The first-order valence-electron chi connectivity index (χ1n) is 12.0. The van der Waals surface area contributed by atoms with Gasteiger partial charge in [-0.2, -0.15) is 0 Å². The second kappa shape index (κ2) is 9.62. The summed E-state index contributed by atoms with van der Waals surface area (Å²) < 4.78 is 0. The van der Waals surface area contributed by atoms with Gasteiger partial charge in [0, 0.05) is 54.4 Å². The number of benzene rings is 2. The molecule has 168 valence electrons. The van der Waals surface area contributed by atoms with Gasteiger partial charge in [-0.1, -0.05) is 54.1 Å². The number of piperidine rings is 1. The Morgan fingerprint density at radius 2 is 2.00 bits per heavy atom. The second-order valence-corrected chi connectivity index (χ2v) is 9.30. The summed E-state index contributed by atoms with van der Waals surface area (Å²) in [7, 11) is 0. The van der Waals surface area contributed by atoms with Gasteiger partial charge in [-0.15, -0.1) is 0 Å². The van der Waals surface area contributed by atoms with E-state index in [1.807, 2.05) is 23.4 Å². The lowest BCUT2D eigenvalue weighted by atomic mass is 9.93. The van der Waals surface area contributed by atoms with Gasteiger partial charge in [-0.05, 0) is 61.4 Å². The van der Waals surface area contributed by atoms with Crippen molar-refractivity contribution in [2.75, 3.05) is 13.1 Å². The first-order valence-corrected chi connectivity index (χ1v) is 12.0. The van der Waals surface area contributed by atoms with E-state index in [0.29, 0.717) is 12.3 Å². The zero-order chi connectivity index (χ0) is 22.6. The van der Waals surface area contributed by atoms with Gasteiger partial charge in [0.15, 0.2) is 0 Å². The molecular weight excluding hydrogens is 406 g/mol. The summed E-state index contributed by atoms with van der Waals surface area (Å²) in [6.07, 6.45) is 8.41. The molecule has 1 N–H and O–H groups in total. The van der Waals surface area contributed by atoms with Crippen LogP contribution in [0.5, 0.6) is 0 Å². The van der Waals surface area contributed by atoms with E-state index in [9.17, 15) is 4.79 Å². The van der Waals surface area contributed by atoms with Crippen molar-refractivity contribution in [3.63, 3.8) is 0 Å². The van der Waals surface area contributed by atoms with Crippen molar-refractivity contribution < 1.29 is 4.79 Å². The van der Waals surface area contributed by atoms with Gasteiger partial charge < -0.3 is 9.88 Å². The Labute approximate surface area is 195 Å². The zero-order valence-corrected chi connectivity index (χ0v) is 19.3. The number of nitrogens with zero attached hydrogens (tertiary/aromatic N) is 2. The molecule has 2 aromatic carbocycles. The molecule has 4 nitrogen and oxygen atoms in total. The highest BCUT2D eigenvalue weighted by molar-refractivity contribution is 5.84. The molecule has 1 aliphatic heterocycles. The van der Waals surface area contributed by atoms with Crippen molar-refractivity contribution >= 4 is 16.8 Å². The van der Waals surface area contributed by atoms with Gasteiger partial charge in [-0.3, -0.25) is 9.78 Å². The maximum Gasteiger partial charge on any atom is 0.222 e. The molecular formula is C29H31N3O. The number of aromatic amines is 1. The summed E-state index contributed by atoms with van der Waals surface area (Å²) in [4.78, 5) is 23.1. The Kier molecular flexibility index (Phi) is 6.25. The summed E-state index contributed by atoms with van der Waals surface area (Å²) in [5, 5.41) is 1.22. The molecule has 1 aliphatic rings. The van der Waals surface area contributed by atoms with Gasteiger partial charge in [0.25, 0.3) is 0 Å². The molecule has 1 fully saturated rings. The fraction of sp³-hybridized carbons (Fsp3) is 0.310. The Bertz CT molecular complexity index is 1240. The molecule has 33 heavy (non-hydrogen) atoms. The van der Waals surface area contributed by atoms with Crippen molar-refractivity contribution in [3.8, 4) is 0 Å². The third kappa shape index (κ3) is 5.00. The van der Waals surface area contributed by atoms with Crippen LogP contribution in [0.2, 0.25) is 0 Å². The molecule has 0 radical (unpaired) electrons. The Morgan fingerprint density at radius 1 is 1.09 bits per heavy atom. The molecule has 1 atom stereocenters. The summed E-state index contributed by atoms with van der Waals surface area (Å²) in [5.41, 5.74) is 7.29. The maximum atomic E-state index is 13.0. The number of nitrogens with one attached hydrogen (secondary N) is 1. The number of hydrogen-bond donors (Lipinski definition) is 1. The fourth-order valence-electron chi connectivity index (χ4n) is 5.02. The van der Waals surface area contributed by atoms with Gasteiger partial charge in [0.1, 0.15) is 0 Å². The standard InChI is InChI=1S/C29H31N3O/c1-21-6-4-7-22(16-21)17-23-11-13-27(30-18-23)25-8-5-15-32(20-25)29(33)14-12-24-19-31-28-10-3-2-9-26(24)28/h2-4,6-7,9-11,13,16,18-19,25,31H,5,8,12,14-15,17,20H2,1H3/t25-/m0/s1. The highest BCUT2D eigenvalue weighted by atomic mass is 16.2. The minimum atomic E-state index is 0.251. The molecule has 3 heterocycles. The number of para-hydroxylation sites is 1. The molecule has 1 saturated heterocycles. The van der Waals surface area contributed by atoms with Crippen LogP contribution in [0.4, 0.5) is 0 Å². The van der Waals surface area contributed by atoms with E-state index < -0.39 is 0 Å². The lowest BCUT2D eigenvalue weighted by Crippen LogP contribution is -2.39. The average molecular weight is 438 g/mol. The van der Waals surface area contributed by atoms with Crippen LogP contribution in [-0.2, 0) is 17.6 Å². The van der Waals surface area contributed by atoms with Crippen LogP contribution in [0.1, 0.15) is 53.1 Å². The molecule has 4 heteroatoms. The number of H-pyrrole nitrogens is 1. The quantitative estimate of drug-likeness (QED) is 0.414. The number of carbonyl (C=O) groups is 1. The van der Waals surface area contributed by atoms with Crippen molar-refractivity contribution in [2.24, 2.45) is 0 Å². The molecule has 0 spiro atoms. The smallest absolute Gasteiger partial charge is 0.222 e. The van der Waals surface area contributed by atoms with Crippen LogP contribution in [0.3, 0.4) is 0 Å². The second-order valence-electron chi connectivity index (χ2n) is 9.30. The van der Waals surface area contributed by atoms with E-state index in [1.165, 1.54) is 27.6 Å².